The van der Waals surface area contributed by atoms with Crippen molar-refractivity contribution in [3.05, 3.63) is 30.0 Å². The summed E-state index contributed by atoms with van der Waals surface area (Å²) in [5.74, 6) is 0.0349. The molecule has 0 radical (unpaired) electrons. The van der Waals surface area contributed by atoms with Gasteiger partial charge in [0, 0.05) is 11.9 Å². The number of ether oxygens (including phenoxy) is 1. The Hall–Kier alpha value is -1.88. The Labute approximate surface area is 123 Å². The summed E-state index contributed by atoms with van der Waals surface area (Å²) < 4.78 is 5.85. The third-order valence-electron chi connectivity index (χ3n) is 4.67. The lowest BCUT2D eigenvalue weighted by atomic mass is 9.90. The highest BCUT2D eigenvalue weighted by molar-refractivity contribution is 6.04. The minimum Gasteiger partial charge on any atom is -0.374 e. The van der Waals surface area contributed by atoms with E-state index in [4.69, 9.17) is 4.74 Å². The highest BCUT2D eigenvalue weighted by Gasteiger charge is 2.37. The lowest BCUT2D eigenvalue weighted by molar-refractivity contribution is -0.0753. The van der Waals surface area contributed by atoms with Gasteiger partial charge in [0.1, 0.15) is 0 Å². The van der Waals surface area contributed by atoms with Gasteiger partial charge >= 0.3 is 0 Å². The van der Waals surface area contributed by atoms with Gasteiger partial charge in [0.25, 0.3) is 5.91 Å². The molecule has 0 unspecified atom stereocenters. The van der Waals surface area contributed by atoms with Crippen LogP contribution in [0.4, 0.5) is 0 Å². The van der Waals surface area contributed by atoms with Crippen LogP contribution in [0.25, 0.3) is 10.9 Å². The molecule has 1 amide bonds. The molecule has 5 heteroatoms. The lowest BCUT2D eigenvalue weighted by Gasteiger charge is -2.43. The second-order valence-corrected chi connectivity index (χ2v) is 5.88. The van der Waals surface area contributed by atoms with E-state index in [2.05, 4.69) is 10.2 Å². The molecule has 1 aromatic heterocycles. The molecule has 2 aliphatic rings. The first kappa shape index (κ1) is 12.8. The van der Waals surface area contributed by atoms with Crippen molar-refractivity contribution in [2.45, 2.75) is 37.8 Å². The summed E-state index contributed by atoms with van der Waals surface area (Å²) in [5, 5.41) is 8.11. The predicted molar refractivity (Wildman–Crippen MR) is 79.1 cm³/mol. The zero-order chi connectivity index (χ0) is 14.2. The number of nitrogens with zero attached hydrogens (tertiary/aromatic N) is 2. The minimum absolute atomic E-state index is 0.0349. The van der Waals surface area contributed by atoms with Crippen LogP contribution in [-0.4, -0.2) is 46.3 Å². The Morgan fingerprint density at radius 1 is 1.29 bits per heavy atom. The largest absolute Gasteiger partial charge is 0.374 e. The fourth-order valence-corrected chi connectivity index (χ4v) is 3.61. The van der Waals surface area contributed by atoms with Gasteiger partial charge in [-0.2, -0.15) is 5.10 Å². The van der Waals surface area contributed by atoms with Crippen molar-refractivity contribution < 1.29 is 9.53 Å². The molecule has 2 fully saturated rings. The number of hydrogen-bond donors (Lipinski definition) is 1. The minimum atomic E-state index is 0.0349. The molecule has 1 aliphatic carbocycles. The van der Waals surface area contributed by atoms with Gasteiger partial charge in [0.2, 0.25) is 0 Å². The van der Waals surface area contributed by atoms with Crippen LogP contribution < -0.4 is 0 Å². The molecule has 21 heavy (non-hydrogen) atoms. The molecular weight excluding hydrogens is 266 g/mol. The van der Waals surface area contributed by atoms with E-state index >= 15 is 0 Å². The van der Waals surface area contributed by atoms with Gasteiger partial charge in [0.05, 0.1) is 24.3 Å². The van der Waals surface area contributed by atoms with Crippen LogP contribution in [0, 0.1) is 0 Å². The summed E-state index contributed by atoms with van der Waals surface area (Å²) in [7, 11) is 0. The van der Waals surface area contributed by atoms with Crippen LogP contribution in [0.15, 0.2) is 24.3 Å². The SMILES string of the molecule is O=C(c1n[nH]c2ccccc12)N1CCO[C@H]2CCCC[C@H]21. The monoisotopic (exact) mass is 285 g/mol. The van der Waals surface area contributed by atoms with E-state index in [1.165, 1.54) is 12.8 Å². The Kier molecular flexibility index (Phi) is 3.15. The normalized spacial score (nSPS) is 25.8. The maximum atomic E-state index is 12.9. The number of carbonyl (C=O) groups is 1. The van der Waals surface area contributed by atoms with E-state index in [0.717, 1.165) is 23.7 Å². The average Bonchev–Trinajstić information content (AvgIpc) is 2.98. The van der Waals surface area contributed by atoms with Crippen molar-refractivity contribution in [1.82, 2.24) is 15.1 Å². The number of rotatable bonds is 1. The van der Waals surface area contributed by atoms with Gasteiger partial charge < -0.3 is 9.64 Å². The van der Waals surface area contributed by atoms with Crippen molar-refractivity contribution >= 4 is 16.8 Å². The third kappa shape index (κ3) is 2.12. The van der Waals surface area contributed by atoms with Crippen molar-refractivity contribution in [2.24, 2.45) is 0 Å². The number of nitrogens with one attached hydrogen (secondary N) is 1. The number of carbonyl (C=O) groups excluding carboxylic acids is 1. The number of benzene rings is 1. The molecule has 0 spiro atoms. The molecule has 110 valence electrons. The molecule has 2 aromatic rings. The van der Waals surface area contributed by atoms with E-state index < -0.39 is 0 Å². The first-order valence-corrected chi connectivity index (χ1v) is 7.70. The second kappa shape index (κ2) is 5.15. The Balaban J connectivity index is 1.67. The summed E-state index contributed by atoms with van der Waals surface area (Å²) in [6.45, 7) is 1.30. The molecule has 1 N–H and O–H groups in total. The highest BCUT2D eigenvalue weighted by Crippen LogP contribution is 2.30. The molecule has 4 rings (SSSR count). The number of aromatic amines is 1. The number of fused-ring (bicyclic) bond motifs is 2. The zero-order valence-electron chi connectivity index (χ0n) is 11.9. The van der Waals surface area contributed by atoms with Crippen LogP contribution in [0.1, 0.15) is 36.2 Å². The summed E-state index contributed by atoms with van der Waals surface area (Å²) in [4.78, 5) is 14.9. The molecule has 1 aliphatic heterocycles. The van der Waals surface area contributed by atoms with Gasteiger partial charge in [-0.05, 0) is 18.9 Å². The van der Waals surface area contributed by atoms with Crippen LogP contribution in [-0.2, 0) is 4.74 Å². The van der Waals surface area contributed by atoms with Crippen LogP contribution >= 0.6 is 0 Å². The quantitative estimate of drug-likeness (QED) is 0.875. The van der Waals surface area contributed by atoms with Crippen molar-refractivity contribution in [3.8, 4) is 0 Å². The molecule has 1 saturated carbocycles. The second-order valence-electron chi connectivity index (χ2n) is 5.88. The molecule has 1 saturated heterocycles. The maximum Gasteiger partial charge on any atom is 0.275 e. The lowest BCUT2D eigenvalue weighted by Crippen LogP contribution is -2.54. The summed E-state index contributed by atoms with van der Waals surface area (Å²) >= 11 is 0. The fourth-order valence-electron chi connectivity index (χ4n) is 3.61. The Morgan fingerprint density at radius 3 is 3.10 bits per heavy atom. The first-order valence-electron chi connectivity index (χ1n) is 7.70. The molecule has 0 bridgehead atoms. The summed E-state index contributed by atoms with van der Waals surface area (Å²) in [6, 6.07) is 8.00. The van der Waals surface area contributed by atoms with Crippen molar-refractivity contribution in [1.29, 1.82) is 0 Å². The zero-order valence-corrected chi connectivity index (χ0v) is 11.9. The van der Waals surface area contributed by atoms with Gasteiger partial charge in [-0.15, -0.1) is 0 Å². The molecule has 1 aromatic carbocycles. The van der Waals surface area contributed by atoms with Crippen LogP contribution in [0.2, 0.25) is 0 Å². The van der Waals surface area contributed by atoms with Crippen molar-refractivity contribution in [2.75, 3.05) is 13.2 Å². The number of para-hydroxylation sites is 1. The van der Waals surface area contributed by atoms with E-state index in [1.807, 2.05) is 29.2 Å². The van der Waals surface area contributed by atoms with Gasteiger partial charge in [0.15, 0.2) is 5.69 Å². The van der Waals surface area contributed by atoms with E-state index in [-0.39, 0.29) is 18.1 Å². The smallest absolute Gasteiger partial charge is 0.275 e. The molecule has 2 heterocycles. The predicted octanol–water partition coefficient (Wildman–Crippen LogP) is 2.35. The number of amides is 1. The van der Waals surface area contributed by atoms with Crippen molar-refractivity contribution in [3.63, 3.8) is 0 Å². The van der Waals surface area contributed by atoms with E-state index in [1.54, 1.807) is 0 Å². The van der Waals surface area contributed by atoms with Gasteiger partial charge in [-0.1, -0.05) is 31.0 Å². The fraction of sp³-hybridized carbons (Fsp3) is 0.500. The number of hydrogen-bond acceptors (Lipinski definition) is 3. The molecular formula is C16H19N3O2. The molecule has 2 atom stereocenters. The standard InChI is InChI=1S/C16H19N3O2/c20-16(15-11-5-1-2-6-12(11)17-18-15)19-9-10-21-14-8-4-3-7-13(14)19/h1-2,5-6,13-14H,3-4,7-10H2,(H,17,18)/t13-,14+/m1/s1. The number of morpholine rings is 1. The summed E-state index contributed by atoms with van der Waals surface area (Å²) in [5.41, 5.74) is 1.45. The van der Waals surface area contributed by atoms with Crippen LogP contribution in [0.3, 0.4) is 0 Å². The third-order valence-corrected chi connectivity index (χ3v) is 4.67. The number of aromatic nitrogens is 2. The maximum absolute atomic E-state index is 12.9. The first-order chi connectivity index (χ1) is 10.3. The van der Waals surface area contributed by atoms with E-state index in [9.17, 15) is 4.79 Å². The van der Waals surface area contributed by atoms with Crippen LogP contribution in [0.5, 0.6) is 0 Å². The number of H-pyrrole nitrogens is 1. The Bertz CT molecular complexity index is 664. The summed E-state index contributed by atoms with van der Waals surface area (Å²) in [6.07, 6.45) is 4.69. The Morgan fingerprint density at radius 2 is 2.14 bits per heavy atom. The van der Waals surface area contributed by atoms with Gasteiger partial charge in [-0.3, -0.25) is 9.89 Å². The average molecular weight is 285 g/mol. The molecule has 5 nitrogen and oxygen atoms in total. The highest BCUT2D eigenvalue weighted by atomic mass is 16.5. The van der Waals surface area contributed by atoms with E-state index in [0.29, 0.717) is 18.8 Å². The van der Waals surface area contributed by atoms with Gasteiger partial charge in [-0.25, -0.2) is 0 Å². The topological polar surface area (TPSA) is 58.2 Å².